The third kappa shape index (κ3) is 4.49. The smallest absolute Gasteiger partial charge is 0.119 e. The number of likely N-dealkylation sites (N-methyl/N-ethyl adjacent to an activating group) is 1. The Morgan fingerprint density at radius 3 is 2.58 bits per heavy atom. The van der Waals surface area contributed by atoms with Crippen molar-refractivity contribution in [2.75, 3.05) is 19.7 Å². The lowest BCUT2D eigenvalue weighted by atomic mass is 10.2. The van der Waals surface area contributed by atoms with Crippen LogP contribution in [0.4, 0.5) is 0 Å². The zero-order chi connectivity index (χ0) is 13.7. The van der Waals surface area contributed by atoms with Gasteiger partial charge in [0.15, 0.2) is 0 Å². The molecule has 0 bridgehead atoms. The molecule has 1 aromatic rings. The zero-order valence-corrected chi connectivity index (χ0v) is 11.6. The molecule has 4 heteroatoms. The van der Waals surface area contributed by atoms with Crippen molar-refractivity contribution in [1.82, 2.24) is 4.90 Å². The molecule has 1 aliphatic carbocycles. The first-order chi connectivity index (χ1) is 9.22. The molecule has 1 saturated carbocycles. The minimum absolute atomic E-state index is 0.338. The Labute approximate surface area is 115 Å². The Bertz CT molecular complexity index is 376. The lowest BCUT2D eigenvalue weighted by Crippen LogP contribution is -2.36. The Hall–Kier alpha value is -1.10. The summed E-state index contributed by atoms with van der Waals surface area (Å²) in [5.41, 5.74) is 6.62. The van der Waals surface area contributed by atoms with E-state index in [1.807, 2.05) is 24.3 Å². The normalized spacial score (nSPS) is 16.6. The molecule has 1 fully saturated rings. The number of aliphatic hydroxyl groups excluding tert-OH is 1. The highest BCUT2D eigenvalue weighted by molar-refractivity contribution is 5.27. The molecule has 0 aliphatic heterocycles. The monoisotopic (exact) mass is 264 g/mol. The van der Waals surface area contributed by atoms with E-state index in [0.29, 0.717) is 25.7 Å². The van der Waals surface area contributed by atoms with Crippen LogP contribution in [-0.4, -0.2) is 41.8 Å². The number of hydrogen-bond acceptors (Lipinski definition) is 4. The number of rotatable bonds is 8. The predicted octanol–water partition coefficient (Wildman–Crippen LogP) is 1.37. The second-order valence-electron chi connectivity index (χ2n) is 5.13. The lowest BCUT2D eigenvalue weighted by molar-refractivity contribution is 0.0673. The summed E-state index contributed by atoms with van der Waals surface area (Å²) in [6, 6.07) is 8.37. The van der Waals surface area contributed by atoms with Gasteiger partial charge < -0.3 is 15.6 Å². The van der Waals surface area contributed by atoms with E-state index in [1.54, 1.807) is 0 Å². The van der Waals surface area contributed by atoms with Crippen LogP contribution in [0.3, 0.4) is 0 Å². The summed E-state index contributed by atoms with van der Waals surface area (Å²) in [6.45, 7) is 4.70. The Morgan fingerprint density at radius 2 is 2.05 bits per heavy atom. The van der Waals surface area contributed by atoms with Crippen LogP contribution < -0.4 is 10.5 Å². The van der Waals surface area contributed by atoms with Gasteiger partial charge in [0.05, 0.1) is 0 Å². The fraction of sp³-hybridized carbons (Fsp3) is 0.600. The molecular formula is C15H24N2O2. The Morgan fingerprint density at radius 1 is 1.37 bits per heavy atom. The molecule has 0 amide bonds. The van der Waals surface area contributed by atoms with Crippen molar-refractivity contribution in [2.45, 2.75) is 38.5 Å². The Balaban J connectivity index is 1.73. The quantitative estimate of drug-likeness (QED) is 0.744. The number of nitrogens with two attached hydrogens (primary N) is 1. The van der Waals surface area contributed by atoms with E-state index in [2.05, 4.69) is 11.8 Å². The first-order valence-electron chi connectivity index (χ1n) is 7.06. The van der Waals surface area contributed by atoms with Gasteiger partial charge in [0.25, 0.3) is 0 Å². The summed E-state index contributed by atoms with van der Waals surface area (Å²) in [5, 5.41) is 10.0. The number of ether oxygens (including phenoxy) is 1. The molecular weight excluding hydrogens is 240 g/mol. The van der Waals surface area contributed by atoms with Gasteiger partial charge in [-0.15, -0.1) is 0 Å². The molecule has 4 nitrogen and oxygen atoms in total. The molecule has 106 valence electrons. The maximum Gasteiger partial charge on any atom is 0.119 e. The molecule has 1 aliphatic rings. The number of benzene rings is 1. The van der Waals surface area contributed by atoms with Crippen molar-refractivity contribution in [3.63, 3.8) is 0 Å². The highest BCUT2D eigenvalue weighted by Crippen LogP contribution is 2.26. The molecule has 0 heterocycles. The summed E-state index contributed by atoms with van der Waals surface area (Å²) in [7, 11) is 0. The average Bonchev–Trinajstić information content (AvgIpc) is 3.27. The van der Waals surface area contributed by atoms with Crippen molar-refractivity contribution in [3.8, 4) is 5.75 Å². The van der Waals surface area contributed by atoms with Crippen molar-refractivity contribution in [2.24, 2.45) is 5.73 Å². The fourth-order valence-corrected chi connectivity index (χ4v) is 2.21. The van der Waals surface area contributed by atoms with E-state index in [9.17, 15) is 5.11 Å². The van der Waals surface area contributed by atoms with Crippen LogP contribution in [0, 0.1) is 0 Å². The minimum Gasteiger partial charge on any atom is -0.491 e. The van der Waals surface area contributed by atoms with Crippen LogP contribution >= 0.6 is 0 Å². The standard InChI is InChI=1S/C15H24N2O2/c1-2-17(13-5-6-13)10-14(18)11-19-15-7-3-12(9-16)4-8-15/h3-4,7-8,13-14,18H,2,5-6,9-11,16H2,1H3. The van der Waals surface area contributed by atoms with E-state index >= 15 is 0 Å². The van der Waals surface area contributed by atoms with Gasteiger partial charge in [-0.2, -0.15) is 0 Å². The van der Waals surface area contributed by atoms with Crippen LogP contribution in [0.25, 0.3) is 0 Å². The van der Waals surface area contributed by atoms with E-state index < -0.39 is 6.10 Å². The summed E-state index contributed by atoms with van der Waals surface area (Å²) < 4.78 is 5.60. The van der Waals surface area contributed by atoms with Gasteiger partial charge in [-0.25, -0.2) is 0 Å². The molecule has 0 spiro atoms. The van der Waals surface area contributed by atoms with E-state index in [0.717, 1.165) is 17.9 Å². The minimum atomic E-state index is -0.435. The maximum atomic E-state index is 10.0. The van der Waals surface area contributed by atoms with Crippen LogP contribution in [0.2, 0.25) is 0 Å². The highest BCUT2D eigenvalue weighted by Gasteiger charge is 2.28. The molecule has 0 saturated heterocycles. The fourth-order valence-electron chi connectivity index (χ4n) is 2.21. The van der Waals surface area contributed by atoms with Crippen LogP contribution in [0.5, 0.6) is 5.75 Å². The van der Waals surface area contributed by atoms with Gasteiger partial charge in [-0.1, -0.05) is 19.1 Å². The number of nitrogens with zero attached hydrogens (tertiary/aromatic N) is 1. The number of hydrogen-bond donors (Lipinski definition) is 2. The number of aliphatic hydroxyl groups is 1. The van der Waals surface area contributed by atoms with Gasteiger partial charge in [-0.3, -0.25) is 4.90 Å². The molecule has 0 aromatic heterocycles. The Kier molecular flexibility index (Phi) is 5.19. The third-order valence-corrected chi connectivity index (χ3v) is 3.52. The van der Waals surface area contributed by atoms with Crippen LogP contribution in [-0.2, 0) is 6.54 Å². The van der Waals surface area contributed by atoms with Gasteiger partial charge >= 0.3 is 0 Å². The molecule has 0 radical (unpaired) electrons. The second kappa shape index (κ2) is 6.89. The van der Waals surface area contributed by atoms with Gasteiger partial charge in [0.2, 0.25) is 0 Å². The molecule has 19 heavy (non-hydrogen) atoms. The van der Waals surface area contributed by atoms with E-state index in [4.69, 9.17) is 10.5 Å². The molecule has 1 aromatic carbocycles. The largest absolute Gasteiger partial charge is 0.491 e. The lowest BCUT2D eigenvalue weighted by Gasteiger charge is -2.23. The van der Waals surface area contributed by atoms with Crippen molar-refractivity contribution >= 4 is 0 Å². The molecule has 1 atom stereocenters. The zero-order valence-electron chi connectivity index (χ0n) is 11.6. The van der Waals surface area contributed by atoms with E-state index in [1.165, 1.54) is 12.8 Å². The van der Waals surface area contributed by atoms with Gasteiger partial charge in [0, 0.05) is 19.1 Å². The molecule has 2 rings (SSSR count). The van der Waals surface area contributed by atoms with Crippen molar-refractivity contribution in [3.05, 3.63) is 29.8 Å². The van der Waals surface area contributed by atoms with Gasteiger partial charge in [0.1, 0.15) is 18.5 Å². The van der Waals surface area contributed by atoms with Crippen molar-refractivity contribution < 1.29 is 9.84 Å². The SMILES string of the molecule is CCN(CC(O)COc1ccc(CN)cc1)C1CC1. The third-order valence-electron chi connectivity index (χ3n) is 3.52. The van der Waals surface area contributed by atoms with Crippen molar-refractivity contribution in [1.29, 1.82) is 0 Å². The van der Waals surface area contributed by atoms with Gasteiger partial charge in [-0.05, 0) is 37.1 Å². The van der Waals surface area contributed by atoms with Crippen LogP contribution in [0.15, 0.2) is 24.3 Å². The topological polar surface area (TPSA) is 58.7 Å². The first kappa shape index (κ1) is 14.3. The summed E-state index contributed by atoms with van der Waals surface area (Å²) in [5.74, 6) is 0.783. The first-order valence-corrected chi connectivity index (χ1v) is 7.06. The second-order valence-corrected chi connectivity index (χ2v) is 5.13. The molecule has 3 N–H and O–H groups in total. The van der Waals surface area contributed by atoms with E-state index in [-0.39, 0.29) is 0 Å². The predicted molar refractivity (Wildman–Crippen MR) is 76.1 cm³/mol. The molecule has 1 unspecified atom stereocenters. The summed E-state index contributed by atoms with van der Waals surface area (Å²) >= 11 is 0. The van der Waals surface area contributed by atoms with Crippen LogP contribution in [0.1, 0.15) is 25.3 Å². The summed E-state index contributed by atoms with van der Waals surface area (Å²) in [4.78, 5) is 2.32. The summed E-state index contributed by atoms with van der Waals surface area (Å²) in [6.07, 6.45) is 2.10. The highest BCUT2D eigenvalue weighted by atomic mass is 16.5. The maximum absolute atomic E-state index is 10.0. The average molecular weight is 264 g/mol.